The highest BCUT2D eigenvalue weighted by Crippen LogP contribution is 2.31. The van der Waals surface area contributed by atoms with Crippen LogP contribution in [0.4, 0.5) is 22.0 Å². The van der Waals surface area contributed by atoms with Gasteiger partial charge in [-0.1, -0.05) is 0 Å². The predicted octanol–water partition coefficient (Wildman–Crippen LogP) is 3.99. The van der Waals surface area contributed by atoms with Gasteiger partial charge in [-0.25, -0.2) is 13.8 Å². The number of alkyl halides is 5. The van der Waals surface area contributed by atoms with Gasteiger partial charge in [0.05, 0.1) is 0 Å². The quantitative estimate of drug-likeness (QED) is 0.609. The summed E-state index contributed by atoms with van der Waals surface area (Å²) in [6.45, 7) is 1.32. The molecule has 1 rings (SSSR count). The fraction of sp³-hybridized carbons (Fsp3) is 0.375. The van der Waals surface area contributed by atoms with Gasteiger partial charge in [-0.2, -0.15) is 0 Å². The molecule has 1 aromatic rings. The summed E-state index contributed by atoms with van der Waals surface area (Å²) in [5, 5.41) is 0. The molecule has 0 unspecified atom stereocenters. The molecule has 16 heavy (non-hydrogen) atoms. The first-order valence-electron chi connectivity index (χ1n) is 3.91. The predicted molar refractivity (Wildman–Crippen MR) is 48.3 cm³/mol. The lowest BCUT2D eigenvalue weighted by atomic mass is 10.2. The molecule has 0 fully saturated rings. The van der Waals surface area contributed by atoms with Crippen LogP contribution in [0, 0.1) is 6.92 Å². The van der Waals surface area contributed by atoms with E-state index >= 15 is 0 Å². The first-order chi connectivity index (χ1) is 7.20. The number of hydrogen-bond acceptors (Lipinski definition) is 2. The van der Waals surface area contributed by atoms with Crippen molar-refractivity contribution in [3.63, 3.8) is 0 Å². The van der Waals surface area contributed by atoms with Crippen LogP contribution < -0.4 is 4.74 Å². The summed E-state index contributed by atoms with van der Waals surface area (Å²) in [6.07, 6.45) is -7.85. The van der Waals surface area contributed by atoms with E-state index in [1.165, 1.54) is 6.92 Å². The van der Waals surface area contributed by atoms with Crippen molar-refractivity contribution in [3.05, 3.63) is 21.8 Å². The molecular weight excluding hydrogens is 301 g/mol. The van der Waals surface area contributed by atoms with E-state index in [4.69, 9.17) is 0 Å². The molecule has 0 aromatic carbocycles. The molecule has 0 spiro atoms. The van der Waals surface area contributed by atoms with Gasteiger partial charge in [-0.3, -0.25) is 0 Å². The molecule has 0 saturated heterocycles. The van der Waals surface area contributed by atoms with E-state index in [2.05, 4.69) is 25.7 Å². The van der Waals surface area contributed by atoms with E-state index < -0.39 is 24.2 Å². The number of nitrogens with zero attached hydrogens (tertiary/aromatic N) is 1. The van der Waals surface area contributed by atoms with Crippen molar-refractivity contribution in [3.8, 4) is 5.88 Å². The normalized spacial score (nSPS) is 12.0. The van der Waals surface area contributed by atoms with Gasteiger partial charge in [0, 0.05) is 11.6 Å². The molecule has 0 atom stereocenters. The highest BCUT2D eigenvalue weighted by Gasteiger charge is 2.32. The van der Waals surface area contributed by atoms with Crippen LogP contribution in [-0.4, -0.2) is 11.3 Å². The molecule has 0 N–H and O–H groups in total. The Morgan fingerprint density at radius 1 is 1.38 bits per heavy atom. The van der Waals surface area contributed by atoms with Crippen molar-refractivity contribution in [1.82, 2.24) is 4.98 Å². The summed E-state index contributed by atoms with van der Waals surface area (Å²) in [6, 6.07) is 0.568. The Morgan fingerprint density at radius 3 is 2.38 bits per heavy atom. The van der Waals surface area contributed by atoms with Gasteiger partial charge >= 0.3 is 6.36 Å². The number of pyridine rings is 1. The molecule has 0 saturated carbocycles. The topological polar surface area (TPSA) is 22.1 Å². The molecule has 90 valence electrons. The second-order valence-corrected chi connectivity index (χ2v) is 3.57. The molecule has 0 aliphatic heterocycles. The van der Waals surface area contributed by atoms with Crippen LogP contribution in [-0.2, 0) is 0 Å². The second-order valence-electron chi connectivity index (χ2n) is 2.81. The molecule has 8 heteroatoms. The van der Waals surface area contributed by atoms with Crippen LogP contribution in [0.1, 0.15) is 17.6 Å². The molecule has 0 radical (unpaired) electrons. The van der Waals surface area contributed by atoms with Crippen molar-refractivity contribution < 1.29 is 26.7 Å². The Labute approximate surface area is 95.6 Å². The van der Waals surface area contributed by atoms with Crippen molar-refractivity contribution in [2.75, 3.05) is 0 Å². The molecule has 2 nitrogen and oxygen atoms in total. The number of aromatic nitrogens is 1. The van der Waals surface area contributed by atoms with E-state index in [-0.39, 0.29) is 10.2 Å². The Balaban J connectivity index is 3.14. The second kappa shape index (κ2) is 4.52. The highest BCUT2D eigenvalue weighted by atomic mass is 79.9. The summed E-state index contributed by atoms with van der Waals surface area (Å²) >= 11 is 2.78. The monoisotopic (exact) mass is 305 g/mol. The third kappa shape index (κ3) is 3.29. The Bertz CT molecular complexity index is 393. The van der Waals surface area contributed by atoms with Crippen molar-refractivity contribution >= 4 is 15.9 Å². The largest absolute Gasteiger partial charge is 0.574 e. The van der Waals surface area contributed by atoms with Crippen LogP contribution in [0.2, 0.25) is 0 Å². The van der Waals surface area contributed by atoms with E-state index in [9.17, 15) is 22.0 Å². The van der Waals surface area contributed by atoms with Gasteiger partial charge in [-0.15, -0.1) is 13.2 Å². The van der Waals surface area contributed by atoms with E-state index in [1.54, 1.807) is 0 Å². The summed E-state index contributed by atoms with van der Waals surface area (Å²) in [5.41, 5.74) is -0.481. The Hall–Kier alpha value is -0.920. The SMILES string of the molecule is Cc1c(C(F)F)cc(OC(F)(F)F)nc1Br. The summed E-state index contributed by atoms with van der Waals surface area (Å²) in [7, 11) is 0. The summed E-state index contributed by atoms with van der Waals surface area (Å²) in [5.74, 6) is -0.916. The number of rotatable bonds is 2. The maximum Gasteiger partial charge on any atom is 0.574 e. The van der Waals surface area contributed by atoms with Gasteiger partial charge in [0.15, 0.2) is 0 Å². The lowest BCUT2D eigenvalue weighted by Gasteiger charge is -2.11. The van der Waals surface area contributed by atoms with Crippen LogP contribution in [0.3, 0.4) is 0 Å². The minimum atomic E-state index is -4.96. The number of halogens is 6. The molecular formula is C8H5BrF5NO. The van der Waals surface area contributed by atoms with Gasteiger partial charge in [0.25, 0.3) is 6.43 Å². The molecule has 0 aliphatic carbocycles. The smallest absolute Gasteiger partial charge is 0.388 e. The standard InChI is InChI=1S/C8H5BrF5NO/c1-3-4(7(10)11)2-5(15-6(3)9)16-8(12,13)14/h2,7H,1H3. The number of ether oxygens (including phenoxy) is 1. The fourth-order valence-corrected chi connectivity index (χ4v) is 1.37. The number of hydrogen-bond donors (Lipinski definition) is 0. The molecule has 0 bridgehead atoms. The third-order valence-electron chi connectivity index (χ3n) is 1.69. The third-order valence-corrected chi connectivity index (χ3v) is 2.46. The lowest BCUT2D eigenvalue weighted by molar-refractivity contribution is -0.276. The van der Waals surface area contributed by atoms with Gasteiger partial charge in [0.1, 0.15) is 4.60 Å². The summed E-state index contributed by atoms with van der Waals surface area (Å²) in [4.78, 5) is 3.34. The van der Waals surface area contributed by atoms with Crippen LogP contribution in [0.5, 0.6) is 5.88 Å². The zero-order chi connectivity index (χ0) is 12.5. The zero-order valence-corrected chi connectivity index (χ0v) is 9.36. The Morgan fingerprint density at radius 2 is 1.94 bits per heavy atom. The van der Waals surface area contributed by atoms with Crippen LogP contribution in [0.15, 0.2) is 10.7 Å². The van der Waals surface area contributed by atoms with E-state index in [0.717, 1.165) is 0 Å². The summed E-state index contributed by atoms with van der Waals surface area (Å²) < 4.78 is 63.7. The minimum Gasteiger partial charge on any atom is -0.388 e. The van der Waals surface area contributed by atoms with Gasteiger partial charge in [0.2, 0.25) is 5.88 Å². The molecule has 1 heterocycles. The van der Waals surface area contributed by atoms with Crippen LogP contribution >= 0.6 is 15.9 Å². The van der Waals surface area contributed by atoms with E-state index in [1.807, 2.05) is 0 Å². The van der Waals surface area contributed by atoms with Crippen molar-refractivity contribution in [2.45, 2.75) is 19.7 Å². The molecule has 1 aromatic heterocycles. The van der Waals surface area contributed by atoms with E-state index in [0.29, 0.717) is 6.07 Å². The molecule has 0 amide bonds. The van der Waals surface area contributed by atoms with Gasteiger partial charge < -0.3 is 4.74 Å². The average Bonchev–Trinajstić information content (AvgIpc) is 2.07. The van der Waals surface area contributed by atoms with Crippen molar-refractivity contribution in [1.29, 1.82) is 0 Å². The fourth-order valence-electron chi connectivity index (χ4n) is 0.971. The highest BCUT2D eigenvalue weighted by molar-refractivity contribution is 9.10. The first-order valence-corrected chi connectivity index (χ1v) is 4.71. The maximum absolute atomic E-state index is 12.4. The Kier molecular flexibility index (Phi) is 3.72. The first kappa shape index (κ1) is 13.1. The average molecular weight is 306 g/mol. The van der Waals surface area contributed by atoms with Crippen LogP contribution in [0.25, 0.3) is 0 Å². The lowest BCUT2D eigenvalue weighted by Crippen LogP contribution is -2.18. The molecule has 0 aliphatic rings. The maximum atomic E-state index is 12.4. The minimum absolute atomic E-state index is 0.0736. The van der Waals surface area contributed by atoms with Crippen molar-refractivity contribution in [2.24, 2.45) is 0 Å². The zero-order valence-electron chi connectivity index (χ0n) is 7.78. The van der Waals surface area contributed by atoms with Gasteiger partial charge in [-0.05, 0) is 28.4 Å².